The van der Waals surface area contributed by atoms with Crippen LogP contribution in [0.3, 0.4) is 0 Å². The highest BCUT2D eigenvalue weighted by atomic mass is 31.2. The number of allylic oxidation sites excluding steroid dienone is 6. The maximum atomic E-state index is 12.4. The Labute approximate surface area is 344 Å². The van der Waals surface area contributed by atoms with Crippen molar-refractivity contribution in [3.8, 4) is 0 Å². The second-order valence-corrected chi connectivity index (χ2v) is 17.0. The molecule has 0 radical (unpaired) electrons. The van der Waals surface area contributed by atoms with Crippen LogP contribution < -0.4 is 0 Å². The summed E-state index contributed by atoms with van der Waals surface area (Å²) in [6.45, 7) is 3.67. The predicted molar refractivity (Wildman–Crippen MR) is 235 cm³/mol. The third-order valence-electron chi connectivity index (χ3n) is 10.2. The van der Waals surface area contributed by atoms with Gasteiger partial charge in [0, 0.05) is 12.8 Å². The standard InChI is InChI=1S/C47H87O8P/c1-3-5-7-9-11-13-15-17-19-21-22-23-24-26-28-30-32-34-36-38-40-42-47(49)55-45(44-54-56(50,51)52)43-53-46(48)41-39-37-35-33-31-29-27-25-20-18-16-14-12-10-8-6-4-2/h18,20,27,29,33,35,45H,3-17,19,21-26,28,30-32,34,36-44H2,1-2H3,(H2,50,51,52)/b20-18-,29-27-,35-33-/t45-/m1/s1. The summed E-state index contributed by atoms with van der Waals surface area (Å²) in [6, 6.07) is 0. The second-order valence-electron chi connectivity index (χ2n) is 15.7. The minimum atomic E-state index is -4.77. The molecule has 0 unspecified atom stereocenters. The van der Waals surface area contributed by atoms with E-state index in [1.54, 1.807) is 0 Å². The fourth-order valence-corrected chi connectivity index (χ4v) is 7.05. The summed E-state index contributed by atoms with van der Waals surface area (Å²) in [5, 5.41) is 0. The molecular weight excluding hydrogens is 723 g/mol. The number of rotatable bonds is 43. The molecular formula is C47H87O8P. The minimum Gasteiger partial charge on any atom is -0.462 e. The third kappa shape index (κ3) is 45.0. The molecule has 0 fully saturated rings. The van der Waals surface area contributed by atoms with Gasteiger partial charge < -0.3 is 19.3 Å². The van der Waals surface area contributed by atoms with E-state index in [1.807, 2.05) is 6.08 Å². The van der Waals surface area contributed by atoms with Crippen molar-refractivity contribution < 1.29 is 37.9 Å². The number of hydrogen-bond donors (Lipinski definition) is 2. The lowest BCUT2D eigenvalue weighted by Crippen LogP contribution is -2.29. The van der Waals surface area contributed by atoms with Crippen molar-refractivity contribution in [1.29, 1.82) is 0 Å². The molecule has 0 bridgehead atoms. The molecule has 0 spiro atoms. The quantitative estimate of drug-likeness (QED) is 0.0270. The lowest BCUT2D eigenvalue weighted by molar-refractivity contribution is -0.161. The first-order valence-corrected chi connectivity index (χ1v) is 24.8. The van der Waals surface area contributed by atoms with Crippen molar-refractivity contribution in [2.24, 2.45) is 0 Å². The van der Waals surface area contributed by atoms with Gasteiger partial charge in [-0.1, -0.05) is 211 Å². The van der Waals surface area contributed by atoms with Crippen LogP contribution in [0.1, 0.15) is 232 Å². The Morgan fingerprint density at radius 3 is 1.25 bits per heavy atom. The van der Waals surface area contributed by atoms with E-state index in [0.29, 0.717) is 12.8 Å². The van der Waals surface area contributed by atoms with Crippen molar-refractivity contribution in [3.63, 3.8) is 0 Å². The van der Waals surface area contributed by atoms with Gasteiger partial charge in [0.05, 0.1) is 6.61 Å². The smallest absolute Gasteiger partial charge is 0.462 e. The molecule has 2 N–H and O–H groups in total. The van der Waals surface area contributed by atoms with Crippen LogP contribution in [0.25, 0.3) is 0 Å². The zero-order valence-electron chi connectivity index (χ0n) is 36.3. The van der Waals surface area contributed by atoms with Crippen LogP contribution in [-0.2, 0) is 28.2 Å². The van der Waals surface area contributed by atoms with E-state index in [-0.39, 0.29) is 19.4 Å². The molecule has 9 heteroatoms. The van der Waals surface area contributed by atoms with Gasteiger partial charge in [0.2, 0.25) is 0 Å². The number of carbonyl (C=O) groups excluding carboxylic acids is 2. The van der Waals surface area contributed by atoms with Crippen LogP contribution in [0, 0.1) is 0 Å². The first kappa shape index (κ1) is 54.3. The number of unbranched alkanes of at least 4 members (excludes halogenated alkanes) is 27. The number of phosphoric acid groups is 1. The van der Waals surface area contributed by atoms with Crippen molar-refractivity contribution >= 4 is 19.8 Å². The molecule has 0 aromatic rings. The van der Waals surface area contributed by atoms with Crippen LogP contribution >= 0.6 is 7.82 Å². The van der Waals surface area contributed by atoms with Crippen molar-refractivity contribution in [2.75, 3.05) is 13.2 Å². The summed E-state index contributed by atoms with van der Waals surface area (Å²) < 4.78 is 26.4. The summed E-state index contributed by atoms with van der Waals surface area (Å²) in [6.07, 6.45) is 51.7. The summed E-state index contributed by atoms with van der Waals surface area (Å²) in [7, 11) is -4.77. The Bertz CT molecular complexity index is 1000. The molecule has 8 nitrogen and oxygen atoms in total. The Kier molecular flexibility index (Phi) is 41.5. The fourth-order valence-electron chi connectivity index (χ4n) is 6.69. The number of phosphoric ester groups is 1. The molecule has 0 amide bonds. The fraction of sp³-hybridized carbons (Fsp3) is 0.830. The first-order valence-electron chi connectivity index (χ1n) is 23.3. The topological polar surface area (TPSA) is 119 Å². The Morgan fingerprint density at radius 2 is 0.821 bits per heavy atom. The lowest BCUT2D eigenvalue weighted by Gasteiger charge is -2.18. The number of carbonyl (C=O) groups is 2. The monoisotopic (exact) mass is 811 g/mol. The minimum absolute atomic E-state index is 0.197. The normalized spacial score (nSPS) is 12.7. The van der Waals surface area contributed by atoms with Crippen molar-refractivity contribution in [3.05, 3.63) is 36.5 Å². The highest BCUT2D eigenvalue weighted by molar-refractivity contribution is 7.46. The predicted octanol–water partition coefficient (Wildman–Crippen LogP) is 14.5. The molecule has 0 aromatic carbocycles. The van der Waals surface area contributed by atoms with Crippen molar-refractivity contribution in [1.82, 2.24) is 0 Å². The molecule has 0 saturated heterocycles. The van der Waals surface area contributed by atoms with E-state index in [0.717, 1.165) is 44.9 Å². The Morgan fingerprint density at radius 1 is 0.464 bits per heavy atom. The molecule has 1 atom stereocenters. The molecule has 0 aliphatic carbocycles. The van der Waals surface area contributed by atoms with Gasteiger partial charge in [-0.15, -0.1) is 0 Å². The first-order chi connectivity index (χ1) is 27.3. The molecule has 328 valence electrons. The van der Waals surface area contributed by atoms with Gasteiger partial charge >= 0.3 is 19.8 Å². The molecule has 0 rings (SSSR count). The summed E-state index contributed by atoms with van der Waals surface area (Å²) >= 11 is 0. The third-order valence-corrected chi connectivity index (χ3v) is 10.6. The van der Waals surface area contributed by atoms with Gasteiger partial charge in [0.25, 0.3) is 0 Å². The second kappa shape index (κ2) is 42.9. The molecule has 0 heterocycles. The summed E-state index contributed by atoms with van der Waals surface area (Å²) in [4.78, 5) is 42.9. The van der Waals surface area contributed by atoms with Gasteiger partial charge in [-0.2, -0.15) is 0 Å². The van der Waals surface area contributed by atoms with Gasteiger partial charge in [0.15, 0.2) is 6.10 Å². The maximum absolute atomic E-state index is 12.4. The highest BCUT2D eigenvalue weighted by Crippen LogP contribution is 2.36. The number of esters is 2. The maximum Gasteiger partial charge on any atom is 0.469 e. The van der Waals surface area contributed by atoms with Crippen LogP contribution in [0.2, 0.25) is 0 Å². The van der Waals surface area contributed by atoms with E-state index in [2.05, 4.69) is 48.8 Å². The van der Waals surface area contributed by atoms with Gasteiger partial charge in [0.1, 0.15) is 6.61 Å². The van der Waals surface area contributed by atoms with Crippen molar-refractivity contribution in [2.45, 2.75) is 238 Å². The van der Waals surface area contributed by atoms with E-state index < -0.39 is 32.5 Å². The molecule has 0 aliphatic rings. The number of hydrogen-bond acceptors (Lipinski definition) is 6. The highest BCUT2D eigenvalue weighted by Gasteiger charge is 2.22. The average molecular weight is 811 g/mol. The lowest BCUT2D eigenvalue weighted by atomic mass is 10.0. The zero-order chi connectivity index (χ0) is 41.1. The largest absolute Gasteiger partial charge is 0.469 e. The molecule has 0 saturated carbocycles. The average Bonchev–Trinajstić information content (AvgIpc) is 3.17. The Hall–Kier alpha value is -1.73. The molecule has 0 aliphatic heterocycles. The van der Waals surface area contributed by atoms with Crippen LogP contribution in [0.5, 0.6) is 0 Å². The zero-order valence-corrected chi connectivity index (χ0v) is 37.2. The SMILES string of the molecule is CCCCCCCC/C=C\C/C=C\C/C=C\CCCC(=O)OC[C@H](COP(=O)(O)O)OC(=O)CCCCCCCCCCCCCCCCCCCCCCC. The van der Waals surface area contributed by atoms with Crippen LogP contribution in [0.4, 0.5) is 0 Å². The Balaban J connectivity index is 3.90. The van der Waals surface area contributed by atoms with Crippen LogP contribution in [-0.4, -0.2) is 41.0 Å². The summed E-state index contributed by atoms with van der Waals surface area (Å²) in [5.74, 6) is -0.936. The molecule has 0 aromatic heterocycles. The van der Waals surface area contributed by atoms with E-state index in [1.165, 1.54) is 148 Å². The van der Waals surface area contributed by atoms with Crippen LogP contribution in [0.15, 0.2) is 36.5 Å². The van der Waals surface area contributed by atoms with Gasteiger partial charge in [-0.05, 0) is 44.9 Å². The summed E-state index contributed by atoms with van der Waals surface area (Å²) in [5.41, 5.74) is 0. The van der Waals surface area contributed by atoms with E-state index >= 15 is 0 Å². The van der Waals surface area contributed by atoms with E-state index in [9.17, 15) is 14.2 Å². The van der Waals surface area contributed by atoms with Gasteiger partial charge in [-0.3, -0.25) is 14.1 Å². The van der Waals surface area contributed by atoms with Gasteiger partial charge in [-0.25, -0.2) is 4.57 Å². The molecule has 56 heavy (non-hydrogen) atoms. The number of ether oxygens (including phenoxy) is 2. The van der Waals surface area contributed by atoms with E-state index in [4.69, 9.17) is 19.3 Å².